The van der Waals surface area contributed by atoms with Crippen LogP contribution in [0.5, 0.6) is 0 Å². The van der Waals surface area contributed by atoms with E-state index in [2.05, 4.69) is 36.7 Å². The van der Waals surface area contributed by atoms with Crippen molar-refractivity contribution in [2.45, 2.75) is 43.9 Å². The molecule has 0 radical (unpaired) electrons. The average Bonchev–Trinajstić information content (AvgIpc) is 3.01. The molecule has 1 atom stereocenters. The molecule has 2 aliphatic heterocycles. The predicted molar refractivity (Wildman–Crippen MR) is 107 cm³/mol. The maximum absolute atomic E-state index is 13.6. The number of hydrogen-bond acceptors (Lipinski definition) is 3. The van der Waals surface area contributed by atoms with Crippen LogP contribution in [0.3, 0.4) is 0 Å². The quantitative estimate of drug-likeness (QED) is 0.858. The fourth-order valence-corrected chi connectivity index (χ4v) is 6.36. The van der Waals surface area contributed by atoms with Crippen molar-refractivity contribution < 1.29 is 9.59 Å². The van der Waals surface area contributed by atoms with Gasteiger partial charge in [-0.15, -0.1) is 11.3 Å². The summed E-state index contributed by atoms with van der Waals surface area (Å²) in [5, 5.41) is 5.10. The zero-order valence-electron chi connectivity index (χ0n) is 15.7. The van der Waals surface area contributed by atoms with E-state index < -0.39 is 5.41 Å². The Labute approximate surface area is 163 Å². The highest BCUT2D eigenvalue weighted by Gasteiger charge is 2.69. The smallest absolute Gasteiger partial charge is 0.235 e. The van der Waals surface area contributed by atoms with Gasteiger partial charge < -0.3 is 10.2 Å². The first-order chi connectivity index (χ1) is 12.9. The van der Waals surface area contributed by atoms with Gasteiger partial charge in [-0.1, -0.05) is 38.1 Å². The Bertz CT molecular complexity index is 926. The minimum absolute atomic E-state index is 0.00139. The van der Waals surface area contributed by atoms with Gasteiger partial charge in [0.15, 0.2) is 0 Å². The highest BCUT2D eigenvalue weighted by Crippen LogP contribution is 2.66. The molecule has 5 rings (SSSR count). The van der Waals surface area contributed by atoms with E-state index in [1.54, 1.807) is 11.3 Å². The van der Waals surface area contributed by atoms with Crippen LogP contribution in [0.25, 0.3) is 0 Å². The lowest BCUT2D eigenvalue weighted by molar-refractivity contribution is -0.138. The molecule has 1 unspecified atom stereocenters. The summed E-state index contributed by atoms with van der Waals surface area (Å²) in [7, 11) is 0. The number of carbonyl (C=O) groups excluding carboxylic acids is 2. The lowest BCUT2D eigenvalue weighted by atomic mass is 9.73. The second kappa shape index (κ2) is 5.44. The number of rotatable bonds is 2. The number of thiophene rings is 1. The van der Waals surface area contributed by atoms with Crippen molar-refractivity contribution in [3.05, 3.63) is 52.2 Å². The zero-order valence-corrected chi connectivity index (χ0v) is 16.6. The van der Waals surface area contributed by atoms with Gasteiger partial charge in [0.25, 0.3) is 0 Å². The molecule has 3 heterocycles. The van der Waals surface area contributed by atoms with Crippen LogP contribution in [0.4, 0.5) is 5.69 Å². The molecule has 1 saturated heterocycles. The number of fused-ring (bicyclic) bond motifs is 2. The summed E-state index contributed by atoms with van der Waals surface area (Å²) in [6.07, 6.45) is 2.30. The second-order valence-corrected chi connectivity index (χ2v) is 9.77. The first-order valence-electron chi connectivity index (χ1n) is 9.65. The SMILES string of the molecule is CC1(C)CC1(C(=O)N1CCC2(CC1)C(=O)Nc1ccccc12)c1cccs1. The average molecular weight is 381 g/mol. The molecule has 1 saturated carbocycles. The molecule has 0 bridgehead atoms. The molecule has 140 valence electrons. The van der Waals surface area contributed by atoms with E-state index >= 15 is 0 Å². The summed E-state index contributed by atoms with van der Waals surface area (Å²) in [6.45, 7) is 5.67. The molecule has 1 spiro atoms. The van der Waals surface area contributed by atoms with Crippen molar-refractivity contribution in [1.29, 1.82) is 0 Å². The standard InChI is InChI=1S/C22H24N2O2S/c1-20(2)14-22(20,17-8-5-13-27-17)19(26)24-11-9-21(10-12-24)15-6-3-4-7-16(15)23-18(21)25/h3-8,13H,9-12,14H2,1-2H3,(H,23,25). The van der Waals surface area contributed by atoms with Crippen molar-refractivity contribution >= 4 is 28.8 Å². The summed E-state index contributed by atoms with van der Waals surface area (Å²) in [5.41, 5.74) is 1.19. The molecule has 5 heteroatoms. The van der Waals surface area contributed by atoms with Crippen LogP contribution in [0.15, 0.2) is 41.8 Å². The Morgan fingerprint density at radius 2 is 1.81 bits per heavy atom. The number of nitrogens with zero attached hydrogens (tertiary/aromatic N) is 1. The molecule has 27 heavy (non-hydrogen) atoms. The molecule has 1 aromatic heterocycles. The molecule has 1 aromatic carbocycles. The van der Waals surface area contributed by atoms with Gasteiger partial charge in [0, 0.05) is 23.7 Å². The first kappa shape index (κ1) is 17.0. The van der Waals surface area contributed by atoms with Crippen molar-refractivity contribution in [3.63, 3.8) is 0 Å². The Morgan fingerprint density at radius 3 is 2.44 bits per heavy atom. The van der Waals surface area contributed by atoms with Gasteiger partial charge in [0.05, 0.1) is 10.8 Å². The molecule has 2 amide bonds. The maximum atomic E-state index is 13.6. The molecule has 2 fully saturated rings. The predicted octanol–water partition coefficient (Wildman–Crippen LogP) is 3.93. The Balaban J connectivity index is 1.40. The van der Waals surface area contributed by atoms with Gasteiger partial charge in [-0.25, -0.2) is 0 Å². The fourth-order valence-electron chi connectivity index (χ4n) is 5.26. The summed E-state index contributed by atoms with van der Waals surface area (Å²) in [5.74, 6) is 0.340. The van der Waals surface area contributed by atoms with E-state index in [1.807, 2.05) is 29.2 Å². The number of amides is 2. The fraction of sp³-hybridized carbons (Fsp3) is 0.455. The summed E-state index contributed by atoms with van der Waals surface area (Å²) in [6, 6.07) is 12.1. The highest BCUT2D eigenvalue weighted by molar-refractivity contribution is 7.10. The Morgan fingerprint density at radius 1 is 1.11 bits per heavy atom. The molecule has 4 nitrogen and oxygen atoms in total. The summed E-state index contributed by atoms with van der Waals surface area (Å²) in [4.78, 5) is 29.5. The van der Waals surface area contributed by atoms with Crippen LogP contribution in [0, 0.1) is 5.41 Å². The lowest BCUT2D eigenvalue weighted by Crippen LogP contribution is -2.51. The van der Waals surface area contributed by atoms with Crippen molar-refractivity contribution in [2.24, 2.45) is 5.41 Å². The third-order valence-electron chi connectivity index (χ3n) is 7.07. The van der Waals surface area contributed by atoms with Crippen LogP contribution >= 0.6 is 11.3 Å². The van der Waals surface area contributed by atoms with E-state index in [-0.39, 0.29) is 22.6 Å². The van der Waals surface area contributed by atoms with Gasteiger partial charge >= 0.3 is 0 Å². The lowest BCUT2D eigenvalue weighted by Gasteiger charge is -2.39. The molecular formula is C22H24N2O2S. The van der Waals surface area contributed by atoms with E-state index in [4.69, 9.17) is 0 Å². The molecule has 3 aliphatic rings. The van der Waals surface area contributed by atoms with Gasteiger partial charge in [-0.2, -0.15) is 0 Å². The van der Waals surface area contributed by atoms with Crippen molar-refractivity contribution in [3.8, 4) is 0 Å². The second-order valence-electron chi connectivity index (χ2n) is 8.82. The van der Waals surface area contributed by atoms with E-state index in [1.165, 1.54) is 4.88 Å². The van der Waals surface area contributed by atoms with Crippen LogP contribution in [-0.4, -0.2) is 29.8 Å². The van der Waals surface area contributed by atoms with E-state index in [0.717, 1.165) is 17.7 Å². The topological polar surface area (TPSA) is 49.4 Å². The van der Waals surface area contributed by atoms with Crippen LogP contribution in [0.1, 0.15) is 43.6 Å². The number of piperidine rings is 1. The molecule has 2 aromatic rings. The molecular weight excluding hydrogens is 356 g/mol. The Kier molecular flexibility index (Phi) is 3.43. The van der Waals surface area contributed by atoms with E-state index in [0.29, 0.717) is 25.9 Å². The summed E-state index contributed by atoms with van der Waals surface area (Å²) >= 11 is 1.69. The number of carbonyl (C=O) groups is 2. The number of benzene rings is 1. The number of likely N-dealkylation sites (tertiary alicyclic amines) is 1. The van der Waals surface area contributed by atoms with Gasteiger partial charge in [0.2, 0.25) is 11.8 Å². The molecule has 1 N–H and O–H groups in total. The van der Waals surface area contributed by atoms with Gasteiger partial charge in [0.1, 0.15) is 0 Å². The maximum Gasteiger partial charge on any atom is 0.235 e. The highest BCUT2D eigenvalue weighted by atomic mass is 32.1. The van der Waals surface area contributed by atoms with Crippen molar-refractivity contribution in [1.82, 2.24) is 4.90 Å². The first-order valence-corrected chi connectivity index (χ1v) is 10.5. The molecule has 1 aliphatic carbocycles. The number of nitrogens with one attached hydrogen (secondary N) is 1. The number of hydrogen-bond donors (Lipinski definition) is 1. The normalized spacial score (nSPS) is 27.3. The third kappa shape index (κ3) is 2.15. The van der Waals surface area contributed by atoms with E-state index in [9.17, 15) is 9.59 Å². The Hall–Kier alpha value is -2.14. The van der Waals surface area contributed by atoms with Crippen LogP contribution < -0.4 is 5.32 Å². The minimum atomic E-state index is -0.470. The monoisotopic (exact) mass is 380 g/mol. The zero-order chi connectivity index (χ0) is 18.9. The van der Waals surface area contributed by atoms with Gasteiger partial charge in [-0.05, 0) is 47.8 Å². The summed E-state index contributed by atoms with van der Waals surface area (Å²) < 4.78 is 0. The van der Waals surface area contributed by atoms with Gasteiger partial charge in [-0.3, -0.25) is 9.59 Å². The third-order valence-corrected chi connectivity index (χ3v) is 8.11. The van der Waals surface area contributed by atoms with Crippen molar-refractivity contribution in [2.75, 3.05) is 18.4 Å². The van der Waals surface area contributed by atoms with Crippen LogP contribution in [-0.2, 0) is 20.4 Å². The number of para-hydroxylation sites is 1. The van der Waals surface area contributed by atoms with Crippen LogP contribution in [0.2, 0.25) is 0 Å². The minimum Gasteiger partial charge on any atom is -0.342 e. The number of anilines is 1. The largest absolute Gasteiger partial charge is 0.342 e.